The van der Waals surface area contributed by atoms with Crippen molar-refractivity contribution in [2.24, 2.45) is 11.7 Å². The number of hydrogen-bond acceptors (Lipinski definition) is 3. The molecule has 3 nitrogen and oxygen atoms in total. The van der Waals surface area contributed by atoms with Gasteiger partial charge in [-0.2, -0.15) is 0 Å². The van der Waals surface area contributed by atoms with Crippen molar-refractivity contribution in [2.75, 3.05) is 33.2 Å². The van der Waals surface area contributed by atoms with Crippen LogP contribution in [0, 0.1) is 5.92 Å². The topological polar surface area (TPSA) is 32.5 Å². The van der Waals surface area contributed by atoms with Gasteiger partial charge in [-0.25, -0.2) is 0 Å². The standard InChI is InChI=1S/C13H29N3/c1-11(2)8-13(14)10-16-7-5-6-15(4)9-12(16)3/h11-13H,5-10,14H2,1-4H3. The third-order valence-corrected chi connectivity index (χ3v) is 3.43. The molecule has 0 aromatic rings. The molecule has 1 aliphatic heterocycles. The Labute approximate surface area is 101 Å². The van der Waals surface area contributed by atoms with E-state index in [0.717, 1.165) is 13.0 Å². The minimum atomic E-state index is 0.339. The summed E-state index contributed by atoms with van der Waals surface area (Å²) in [6, 6.07) is 0.983. The van der Waals surface area contributed by atoms with Crippen molar-refractivity contribution in [1.29, 1.82) is 0 Å². The van der Waals surface area contributed by atoms with E-state index in [0.29, 0.717) is 18.0 Å². The van der Waals surface area contributed by atoms with Gasteiger partial charge in [-0.3, -0.25) is 4.90 Å². The van der Waals surface area contributed by atoms with Crippen LogP contribution in [0.3, 0.4) is 0 Å². The second-order valence-corrected chi connectivity index (χ2v) is 5.85. The Kier molecular flexibility index (Phi) is 5.73. The van der Waals surface area contributed by atoms with Crippen molar-refractivity contribution in [3.8, 4) is 0 Å². The quantitative estimate of drug-likeness (QED) is 0.788. The van der Waals surface area contributed by atoms with E-state index in [1.54, 1.807) is 0 Å². The van der Waals surface area contributed by atoms with Gasteiger partial charge in [0.2, 0.25) is 0 Å². The largest absolute Gasteiger partial charge is 0.327 e. The summed E-state index contributed by atoms with van der Waals surface area (Å²) < 4.78 is 0. The zero-order chi connectivity index (χ0) is 12.1. The van der Waals surface area contributed by atoms with Crippen molar-refractivity contribution >= 4 is 0 Å². The molecule has 2 unspecified atom stereocenters. The summed E-state index contributed by atoms with van der Waals surface area (Å²) in [4.78, 5) is 5.00. The third kappa shape index (κ3) is 4.81. The van der Waals surface area contributed by atoms with Crippen molar-refractivity contribution in [2.45, 2.75) is 45.7 Å². The molecule has 96 valence electrons. The van der Waals surface area contributed by atoms with Crippen LogP contribution in [0.5, 0.6) is 0 Å². The van der Waals surface area contributed by atoms with E-state index < -0.39 is 0 Å². The van der Waals surface area contributed by atoms with Crippen molar-refractivity contribution in [1.82, 2.24) is 9.80 Å². The van der Waals surface area contributed by atoms with Crippen LogP contribution >= 0.6 is 0 Å². The molecule has 16 heavy (non-hydrogen) atoms. The zero-order valence-electron chi connectivity index (χ0n) is 11.4. The maximum Gasteiger partial charge on any atom is 0.0195 e. The highest BCUT2D eigenvalue weighted by Crippen LogP contribution is 2.11. The molecule has 0 saturated carbocycles. The Morgan fingerprint density at radius 2 is 2.00 bits per heavy atom. The van der Waals surface area contributed by atoms with E-state index in [9.17, 15) is 0 Å². The minimum Gasteiger partial charge on any atom is -0.327 e. The first-order valence-corrected chi connectivity index (χ1v) is 6.67. The Balaban J connectivity index is 2.39. The maximum absolute atomic E-state index is 6.20. The molecule has 0 aromatic heterocycles. The van der Waals surface area contributed by atoms with E-state index in [2.05, 4.69) is 37.6 Å². The molecule has 1 heterocycles. The predicted molar refractivity (Wildman–Crippen MR) is 70.6 cm³/mol. The Hall–Kier alpha value is -0.120. The molecule has 3 heteroatoms. The normalized spacial score (nSPS) is 27.0. The van der Waals surface area contributed by atoms with Gasteiger partial charge in [0.15, 0.2) is 0 Å². The Bertz CT molecular complexity index is 194. The summed E-state index contributed by atoms with van der Waals surface area (Å²) >= 11 is 0. The molecular weight excluding hydrogens is 198 g/mol. The first kappa shape index (κ1) is 13.9. The number of nitrogens with zero attached hydrogens (tertiary/aromatic N) is 2. The number of likely N-dealkylation sites (N-methyl/N-ethyl adjacent to an activating group) is 1. The number of hydrogen-bond donors (Lipinski definition) is 1. The fraction of sp³-hybridized carbons (Fsp3) is 1.00. The SMILES string of the molecule is CC(C)CC(N)CN1CCCN(C)CC1C. The Morgan fingerprint density at radius 3 is 2.62 bits per heavy atom. The molecule has 0 bridgehead atoms. The van der Waals surface area contributed by atoms with Crippen LogP contribution in [0.25, 0.3) is 0 Å². The van der Waals surface area contributed by atoms with Gasteiger partial charge < -0.3 is 10.6 Å². The second-order valence-electron chi connectivity index (χ2n) is 5.85. The first-order valence-electron chi connectivity index (χ1n) is 6.67. The molecule has 0 aromatic carbocycles. The van der Waals surface area contributed by atoms with Gasteiger partial charge in [0.1, 0.15) is 0 Å². The molecule has 1 rings (SSSR count). The molecule has 2 N–H and O–H groups in total. The van der Waals surface area contributed by atoms with Gasteiger partial charge in [-0.15, -0.1) is 0 Å². The van der Waals surface area contributed by atoms with E-state index in [-0.39, 0.29) is 0 Å². The van der Waals surface area contributed by atoms with E-state index >= 15 is 0 Å². The highest BCUT2D eigenvalue weighted by Gasteiger charge is 2.21. The molecule has 0 aliphatic carbocycles. The van der Waals surface area contributed by atoms with Crippen molar-refractivity contribution in [3.63, 3.8) is 0 Å². The maximum atomic E-state index is 6.20. The zero-order valence-corrected chi connectivity index (χ0v) is 11.4. The first-order chi connectivity index (χ1) is 7.49. The van der Waals surface area contributed by atoms with Crippen LogP contribution in [-0.2, 0) is 0 Å². The van der Waals surface area contributed by atoms with Gasteiger partial charge in [0, 0.05) is 25.2 Å². The van der Waals surface area contributed by atoms with Gasteiger partial charge in [-0.05, 0) is 45.8 Å². The molecule has 2 atom stereocenters. The average molecular weight is 227 g/mol. The minimum absolute atomic E-state index is 0.339. The summed E-state index contributed by atoms with van der Waals surface area (Å²) in [5.74, 6) is 0.708. The molecule has 0 radical (unpaired) electrons. The molecule has 1 saturated heterocycles. The lowest BCUT2D eigenvalue weighted by Crippen LogP contribution is -2.45. The van der Waals surface area contributed by atoms with E-state index in [4.69, 9.17) is 5.73 Å². The molecule has 1 aliphatic rings. The Morgan fingerprint density at radius 1 is 1.31 bits per heavy atom. The van der Waals surface area contributed by atoms with E-state index in [1.165, 1.54) is 26.1 Å². The average Bonchev–Trinajstić information content (AvgIpc) is 2.27. The van der Waals surface area contributed by atoms with E-state index in [1.807, 2.05) is 0 Å². The van der Waals surface area contributed by atoms with Crippen LogP contribution in [-0.4, -0.2) is 55.1 Å². The van der Waals surface area contributed by atoms with Gasteiger partial charge >= 0.3 is 0 Å². The number of rotatable bonds is 4. The summed E-state index contributed by atoms with van der Waals surface area (Å²) in [6.07, 6.45) is 2.41. The smallest absolute Gasteiger partial charge is 0.0195 e. The summed E-state index contributed by atoms with van der Waals surface area (Å²) in [7, 11) is 2.22. The fourth-order valence-electron chi connectivity index (χ4n) is 2.67. The molecule has 0 spiro atoms. The lowest BCUT2D eigenvalue weighted by atomic mass is 10.0. The highest BCUT2D eigenvalue weighted by molar-refractivity contribution is 4.79. The third-order valence-electron chi connectivity index (χ3n) is 3.43. The lowest BCUT2D eigenvalue weighted by Gasteiger charge is -2.30. The second kappa shape index (κ2) is 6.58. The monoisotopic (exact) mass is 227 g/mol. The van der Waals surface area contributed by atoms with Crippen molar-refractivity contribution < 1.29 is 0 Å². The molecular formula is C13H29N3. The van der Waals surface area contributed by atoms with Crippen LogP contribution < -0.4 is 5.73 Å². The molecule has 1 fully saturated rings. The van der Waals surface area contributed by atoms with Crippen LogP contribution in [0.1, 0.15) is 33.6 Å². The number of nitrogens with two attached hydrogens (primary N) is 1. The fourth-order valence-corrected chi connectivity index (χ4v) is 2.67. The van der Waals surface area contributed by atoms with Gasteiger partial charge in [-0.1, -0.05) is 13.8 Å². The summed E-state index contributed by atoms with van der Waals surface area (Å²) in [5, 5.41) is 0. The highest BCUT2D eigenvalue weighted by atomic mass is 15.2. The predicted octanol–water partition coefficient (Wildman–Crippen LogP) is 1.39. The van der Waals surface area contributed by atoms with Crippen LogP contribution in [0.4, 0.5) is 0 Å². The lowest BCUT2D eigenvalue weighted by molar-refractivity contribution is 0.186. The van der Waals surface area contributed by atoms with Gasteiger partial charge in [0.05, 0.1) is 0 Å². The van der Waals surface area contributed by atoms with Gasteiger partial charge in [0.25, 0.3) is 0 Å². The van der Waals surface area contributed by atoms with Crippen molar-refractivity contribution in [3.05, 3.63) is 0 Å². The van der Waals surface area contributed by atoms with Crippen LogP contribution in [0.15, 0.2) is 0 Å². The summed E-state index contributed by atoms with van der Waals surface area (Å²) in [5.41, 5.74) is 6.20. The molecule has 0 amide bonds. The summed E-state index contributed by atoms with van der Waals surface area (Å²) in [6.45, 7) is 11.5. The van der Waals surface area contributed by atoms with Crippen LogP contribution in [0.2, 0.25) is 0 Å².